The number of benzene rings is 1. The molecular weight excluding hydrogens is 282 g/mol. The maximum atomic E-state index is 13.7. The zero-order chi connectivity index (χ0) is 13.3. The van der Waals surface area contributed by atoms with Crippen LogP contribution in [0.3, 0.4) is 0 Å². The molecule has 1 aromatic carbocycles. The van der Waals surface area contributed by atoms with Crippen LogP contribution in [0.15, 0.2) is 18.2 Å². The minimum absolute atomic E-state index is 0. The summed E-state index contributed by atoms with van der Waals surface area (Å²) in [5.41, 5.74) is 0.890. The highest BCUT2D eigenvalue weighted by atomic mass is 35.5. The first-order valence-electron chi connectivity index (χ1n) is 7.04. The molecule has 2 nitrogen and oxygen atoms in total. The Morgan fingerprint density at radius 3 is 2.65 bits per heavy atom. The van der Waals surface area contributed by atoms with Gasteiger partial charge in [-0.25, -0.2) is 8.78 Å². The van der Waals surface area contributed by atoms with E-state index in [1.54, 1.807) is 0 Å². The van der Waals surface area contributed by atoms with E-state index < -0.39 is 0 Å². The van der Waals surface area contributed by atoms with E-state index in [0.29, 0.717) is 17.5 Å². The summed E-state index contributed by atoms with van der Waals surface area (Å²) in [4.78, 5) is 2.27. The summed E-state index contributed by atoms with van der Waals surface area (Å²) in [6.45, 7) is 4.71. The van der Waals surface area contributed by atoms with Gasteiger partial charge in [-0.1, -0.05) is 0 Å². The van der Waals surface area contributed by atoms with Crippen LogP contribution in [0.4, 0.5) is 8.78 Å². The molecule has 1 aromatic rings. The van der Waals surface area contributed by atoms with Gasteiger partial charge < -0.3 is 5.32 Å². The van der Waals surface area contributed by atoms with Crippen LogP contribution in [-0.4, -0.2) is 31.1 Å². The number of nitrogens with one attached hydrogen (secondary N) is 1. The Morgan fingerprint density at radius 1 is 1.15 bits per heavy atom. The number of nitrogens with zero attached hydrogens (tertiary/aromatic N) is 1. The van der Waals surface area contributed by atoms with Crippen LogP contribution >= 0.6 is 12.4 Å². The molecule has 0 unspecified atom stereocenters. The minimum atomic E-state index is -0.354. The van der Waals surface area contributed by atoms with Crippen molar-refractivity contribution >= 4 is 12.4 Å². The van der Waals surface area contributed by atoms with Crippen molar-refractivity contribution in [3.63, 3.8) is 0 Å². The molecule has 1 N–H and O–H groups in total. The Morgan fingerprint density at radius 2 is 1.90 bits per heavy atom. The zero-order valence-corrected chi connectivity index (χ0v) is 12.3. The lowest BCUT2D eigenvalue weighted by atomic mass is 9.78. The molecule has 20 heavy (non-hydrogen) atoms. The highest BCUT2D eigenvalue weighted by Gasteiger charge is 2.38. The molecule has 2 heterocycles. The predicted octanol–water partition coefficient (Wildman–Crippen LogP) is 2.96. The lowest BCUT2D eigenvalue weighted by Gasteiger charge is -2.33. The zero-order valence-electron chi connectivity index (χ0n) is 11.5. The third-order valence-electron chi connectivity index (χ3n) is 4.58. The highest BCUT2D eigenvalue weighted by Crippen LogP contribution is 2.39. The molecule has 2 aliphatic heterocycles. The van der Waals surface area contributed by atoms with Gasteiger partial charge in [0.25, 0.3) is 0 Å². The summed E-state index contributed by atoms with van der Waals surface area (Å²) in [6, 6.07) is 3.72. The van der Waals surface area contributed by atoms with Crippen molar-refractivity contribution < 1.29 is 8.78 Å². The average molecular weight is 303 g/mol. The van der Waals surface area contributed by atoms with Crippen molar-refractivity contribution in [3.05, 3.63) is 35.4 Å². The molecule has 0 atom stereocenters. The quantitative estimate of drug-likeness (QED) is 0.903. The summed E-state index contributed by atoms with van der Waals surface area (Å²) in [6.07, 6.45) is 3.59. The summed E-state index contributed by atoms with van der Waals surface area (Å²) in [5.74, 6) is -0.653. The van der Waals surface area contributed by atoms with E-state index in [0.717, 1.165) is 26.2 Å². The van der Waals surface area contributed by atoms with E-state index >= 15 is 0 Å². The van der Waals surface area contributed by atoms with Gasteiger partial charge in [0.05, 0.1) is 0 Å². The third kappa shape index (κ3) is 3.30. The van der Waals surface area contributed by atoms with Gasteiger partial charge in [-0.05, 0) is 62.5 Å². The monoisotopic (exact) mass is 302 g/mol. The second-order valence-corrected chi connectivity index (χ2v) is 5.95. The molecule has 3 rings (SSSR count). The van der Waals surface area contributed by atoms with Crippen molar-refractivity contribution in [1.82, 2.24) is 10.2 Å². The van der Waals surface area contributed by atoms with Crippen molar-refractivity contribution in [3.8, 4) is 0 Å². The van der Waals surface area contributed by atoms with Crippen molar-refractivity contribution in [1.29, 1.82) is 0 Å². The number of piperidine rings is 1. The molecule has 0 aromatic heterocycles. The van der Waals surface area contributed by atoms with Gasteiger partial charge in [-0.15, -0.1) is 12.4 Å². The standard InChI is InChI=1S/C15H20F2N2.ClH/c16-13-1-2-14(17)12(9-13)10-19-8-5-15(11-19)3-6-18-7-4-15;/h1-2,9,18H,3-8,10-11H2;1H. The number of hydrogen-bond acceptors (Lipinski definition) is 2. The maximum absolute atomic E-state index is 13.7. The summed E-state index contributed by atoms with van der Waals surface area (Å²) < 4.78 is 26.8. The van der Waals surface area contributed by atoms with Crippen LogP contribution in [-0.2, 0) is 6.54 Å². The van der Waals surface area contributed by atoms with Gasteiger partial charge in [0.2, 0.25) is 0 Å². The summed E-state index contributed by atoms with van der Waals surface area (Å²) in [7, 11) is 0. The molecule has 0 aliphatic carbocycles. The van der Waals surface area contributed by atoms with E-state index in [2.05, 4.69) is 10.2 Å². The van der Waals surface area contributed by atoms with Crippen LogP contribution in [0, 0.1) is 17.0 Å². The molecule has 2 aliphatic rings. The molecule has 0 bridgehead atoms. The summed E-state index contributed by atoms with van der Waals surface area (Å²) in [5, 5.41) is 3.39. The van der Waals surface area contributed by atoms with Crippen LogP contribution < -0.4 is 5.32 Å². The fraction of sp³-hybridized carbons (Fsp3) is 0.600. The van der Waals surface area contributed by atoms with Crippen LogP contribution in [0.2, 0.25) is 0 Å². The van der Waals surface area contributed by atoms with Gasteiger partial charge in [0.1, 0.15) is 11.6 Å². The highest BCUT2D eigenvalue weighted by molar-refractivity contribution is 5.85. The van der Waals surface area contributed by atoms with Crippen molar-refractivity contribution in [2.24, 2.45) is 5.41 Å². The van der Waals surface area contributed by atoms with Crippen LogP contribution in [0.25, 0.3) is 0 Å². The van der Waals surface area contributed by atoms with Gasteiger partial charge in [0, 0.05) is 18.7 Å². The first kappa shape index (κ1) is 15.7. The van der Waals surface area contributed by atoms with E-state index in [9.17, 15) is 8.78 Å². The Hall–Kier alpha value is -0.710. The molecule has 5 heteroatoms. The lowest BCUT2D eigenvalue weighted by Crippen LogP contribution is -2.38. The minimum Gasteiger partial charge on any atom is -0.317 e. The Bertz CT molecular complexity index is 461. The van der Waals surface area contributed by atoms with Crippen molar-refractivity contribution in [2.75, 3.05) is 26.2 Å². The Balaban J connectivity index is 0.00000147. The van der Waals surface area contributed by atoms with Gasteiger partial charge >= 0.3 is 0 Å². The molecule has 2 fully saturated rings. The fourth-order valence-corrected chi connectivity index (χ4v) is 3.43. The normalized spacial score (nSPS) is 21.9. The maximum Gasteiger partial charge on any atom is 0.127 e. The predicted molar refractivity (Wildman–Crippen MR) is 78.0 cm³/mol. The SMILES string of the molecule is Cl.Fc1ccc(F)c(CN2CCC3(CCNCC3)C2)c1. The largest absolute Gasteiger partial charge is 0.317 e. The molecule has 0 radical (unpaired) electrons. The number of likely N-dealkylation sites (tertiary alicyclic amines) is 1. The molecule has 0 amide bonds. The first-order chi connectivity index (χ1) is 9.17. The molecule has 1 spiro atoms. The molecule has 2 saturated heterocycles. The van der Waals surface area contributed by atoms with Crippen molar-refractivity contribution in [2.45, 2.75) is 25.8 Å². The third-order valence-corrected chi connectivity index (χ3v) is 4.58. The first-order valence-corrected chi connectivity index (χ1v) is 7.04. The molecule has 112 valence electrons. The van der Waals surface area contributed by atoms with Crippen LogP contribution in [0.5, 0.6) is 0 Å². The van der Waals surface area contributed by atoms with E-state index in [4.69, 9.17) is 0 Å². The van der Waals surface area contributed by atoms with Crippen LogP contribution in [0.1, 0.15) is 24.8 Å². The summed E-state index contributed by atoms with van der Waals surface area (Å²) >= 11 is 0. The topological polar surface area (TPSA) is 15.3 Å². The fourth-order valence-electron chi connectivity index (χ4n) is 3.43. The number of halogens is 3. The Kier molecular flexibility index (Phi) is 4.99. The number of hydrogen-bond donors (Lipinski definition) is 1. The number of rotatable bonds is 2. The van der Waals surface area contributed by atoms with Gasteiger partial charge in [0.15, 0.2) is 0 Å². The average Bonchev–Trinajstić information content (AvgIpc) is 2.78. The van der Waals surface area contributed by atoms with Gasteiger partial charge in [-0.3, -0.25) is 4.90 Å². The second-order valence-electron chi connectivity index (χ2n) is 5.95. The smallest absolute Gasteiger partial charge is 0.127 e. The van der Waals surface area contributed by atoms with E-state index in [1.807, 2.05) is 0 Å². The van der Waals surface area contributed by atoms with Gasteiger partial charge in [-0.2, -0.15) is 0 Å². The lowest BCUT2D eigenvalue weighted by molar-refractivity contribution is 0.193. The second kappa shape index (κ2) is 6.37. The Labute approximate surface area is 124 Å². The van der Waals surface area contributed by atoms with E-state index in [1.165, 1.54) is 37.5 Å². The molecule has 0 saturated carbocycles. The molecular formula is C15H21ClF2N2. The van der Waals surface area contributed by atoms with E-state index in [-0.39, 0.29) is 24.0 Å².